The summed E-state index contributed by atoms with van der Waals surface area (Å²) in [6, 6.07) is 17.1. The Morgan fingerprint density at radius 2 is 1.58 bits per heavy atom. The first kappa shape index (κ1) is 19.7. The number of amides is 2. The van der Waals surface area contributed by atoms with Crippen LogP contribution in [-0.4, -0.2) is 28.8 Å². The van der Waals surface area contributed by atoms with E-state index in [4.69, 9.17) is 0 Å². The first-order chi connectivity index (χ1) is 12.4. The quantitative estimate of drug-likeness (QED) is 0.829. The Balaban J connectivity index is 2.23. The second kappa shape index (κ2) is 9.18. The highest BCUT2D eigenvalue weighted by Gasteiger charge is 2.26. The molecule has 2 amide bonds. The number of aryl methyl sites for hydroxylation is 1. The van der Waals surface area contributed by atoms with E-state index in [-0.39, 0.29) is 24.3 Å². The zero-order valence-electron chi connectivity index (χ0n) is 16.0. The average Bonchev–Trinajstić information content (AvgIpc) is 2.60. The van der Waals surface area contributed by atoms with Gasteiger partial charge in [0.2, 0.25) is 11.8 Å². The third-order valence-corrected chi connectivity index (χ3v) is 4.40. The van der Waals surface area contributed by atoms with Crippen LogP contribution in [0.3, 0.4) is 0 Å². The molecule has 0 unspecified atom stereocenters. The Bertz CT molecular complexity index is 741. The average molecular weight is 352 g/mol. The van der Waals surface area contributed by atoms with Crippen molar-refractivity contribution in [1.29, 1.82) is 0 Å². The van der Waals surface area contributed by atoms with E-state index in [2.05, 4.69) is 5.32 Å². The number of nitrogens with one attached hydrogen (secondary N) is 1. The third-order valence-electron chi connectivity index (χ3n) is 4.40. The minimum absolute atomic E-state index is 0.0366. The number of benzene rings is 2. The maximum absolute atomic E-state index is 13.0. The molecule has 2 aromatic rings. The lowest BCUT2D eigenvalue weighted by molar-refractivity contribution is -0.140. The van der Waals surface area contributed by atoms with Gasteiger partial charge in [-0.05, 0) is 44.4 Å². The van der Waals surface area contributed by atoms with Crippen LogP contribution in [0.5, 0.6) is 0 Å². The molecule has 0 heterocycles. The molecular weight excluding hydrogens is 324 g/mol. The van der Waals surface area contributed by atoms with Crippen LogP contribution < -0.4 is 5.32 Å². The van der Waals surface area contributed by atoms with E-state index < -0.39 is 6.04 Å². The van der Waals surface area contributed by atoms with Crippen LogP contribution in [0.4, 0.5) is 0 Å². The number of nitrogens with zero attached hydrogens (tertiary/aromatic N) is 1. The highest BCUT2D eigenvalue weighted by atomic mass is 16.2. The van der Waals surface area contributed by atoms with Crippen LogP contribution in [0.1, 0.15) is 37.5 Å². The number of carbonyl (C=O) groups excluding carboxylic acids is 2. The molecule has 0 aliphatic rings. The van der Waals surface area contributed by atoms with Crippen LogP contribution in [0.25, 0.3) is 0 Å². The molecule has 0 fully saturated rings. The SMILES string of the molecule is Cc1ccccc1CN(C(=O)Cc1ccccc1)[C@H](C)C(=O)NC(C)C. The summed E-state index contributed by atoms with van der Waals surface area (Å²) in [5, 5.41) is 2.91. The van der Waals surface area contributed by atoms with Crippen molar-refractivity contribution >= 4 is 11.8 Å². The summed E-state index contributed by atoms with van der Waals surface area (Å²) in [6.45, 7) is 8.07. The van der Waals surface area contributed by atoms with Gasteiger partial charge in [-0.1, -0.05) is 54.6 Å². The van der Waals surface area contributed by atoms with E-state index in [1.54, 1.807) is 11.8 Å². The van der Waals surface area contributed by atoms with Gasteiger partial charge in [0.15, 0.2) is 0 Å². The maximum Gasteiger partial charge on any atom is 0.242 e. The molecule has 4 heteroatoms. The number of rotatable bonds is 7. The van der Waals surface area contributed by atoms with E-state index in [1.807, 2.05) is 75.4 Å². The standard InChI is InChI=1S/C22H28N2O2/c1-16(2)23-22(26)18(4)24(15-20-13-9-8-10-17(20)3)21(25)14-19-11-6-5-7-12-19/h5-13,16,18H,14-15H2,1-4H3,(H,23,26)/t18-/m1/s1. The van der Waals surface area contributed by atoms with E-state index in [0.29, 0.717) is 6.54 Å². The molecule has 0 saturated carbocycles. The van der Waals surface area contributed by atoms with Gasteiger partial charge >= 0.3 is 0 Å². The van der Waals surface area contributed by atoms with Gasteiger partial charge in [-0.3, -0.25) is 9.59 Å². The number of carbonyl (C=O) groups is 2. The molecule has 0 bridgehead atoms. The van der Waals surface area contributed by atoms with Gasteiger partial charge in [-0.15, -0.1) is 0 Å². The highest BCUT2D eigenvalue weighted by molar-refractivity contribution is 5.88. The molecule has 138 valence electrons. The lowest BCUT2D eigenvalue weighted by Crippen LogP contribution is -2.49. The van der Waals surface area contributed by atoms with Crippen LogP contribution >= 0.6 is 0 Å². The Labute approximate surface area is 156 Å². The normalized spacial score (nSPS) is 11.9. The monoisotopic (exact) mass is 352 g/mol. The summed E-state index contributed by atoms with van der Waals surface area (Å²) in [5.74, 6) is -0.180. The predicted molar refractivity (Wildman–Crippen MR) is 105 cm³/mol. The topological polar surface area (TPSA) is 49.4 Å². The zero-order chi connectivity index (χ0) is 19.1. The van der Waals surface area contributed by atoms with Crippen LogP contribution in [-0.2, 0) is 22.6 Å². The first-order valence-corrected chi connectivity index (χ1v) is 9.06. The summed E-state index contributed by atoms with van der Waals surface area (Å²) in [7, 11) is 0. The Hall–Kier alpha value is -2.62. The fraction of sp³-hybridized carbons (Fsp3) is 0.364. The zero-order valence-corrected chi connectivity index (χ0v) is 16.0. The van der Waals surface area contributed by atoms with E-state index >= 15 is 0 Å². The third kappa shape index (κ3) is 5.45. The van der Waals surface area contributed by atoms with Crippen molar-refractivity contribution in [1.82, 2.24) is 10.2 Å². The fourth-order valence-corrected chi connectivity index (χ4v) is 2.83. The van der Waals surface area contributed by atoms with Crippen LogP contribution in [0.2, 0.25) is 0 Å². The van der Waals surface area contributed by atoms with Crippen molar-refractivity contribution in [2.75, 3.05) is 0 Å². The van der Waals surface area contributed by atoms with Gasteiger partial charge in [0.1, 0.15) is 6.04 Å². The number of hydrogen-bond donors (Lipinski definition) is 1. The van der Waals surface area contributed by atoms with Crippen molar-refractivity contribution in [3.63, 3.8) is 0 Å². The summed E-state index contributed by atoms with van der Waals surface area (Å²) < 4.78 is 0. The first-order valence-electron chi connectivity index (χ1n) is 9.06. The second-order valence-electron chi connectivity index (χ2n) is 6.95. The molecule has 0 saturated heterocycles. The van der Waals surface area contributed by atoms with Crippen LogP contribution in [0, 0.1) is 6.92 Å². The molecule has 1 N–H and O–H groups in total. The fourth-order valence-electron chi connectivity index (χ4n) is 2.83. The molecule has 0 aliphatic heterocycles. The van der Waals surface area contributed by atoms with Crippen molar-refractivity contribution in [2.45, 2.75) is 52.7 Å². The predicted octanol–water partition coefficient (Wildman–Crippen LogP) is 3.48. The Morgan fingerprint density at radius 1 is 0.962 bits per heavy atom. The minimum atomic E-state index is -0.534. The largest absolute Gasteiger partial charge is 0.352 e. The van der Waals surface area contributed by atoms with Gasteiger partial charge in [0, 0.05) is 12.6 Å². The molecule has 0 aliphatic carbocycles. The molecule has 26 heavy (non-hydrogen) atoms. The van der Waals surface area contributed by atoms with Gasteiger partial charge in [0.05, 0.1) is 6.42 Å². The summed E-state index contributed by atoms with van der Waals surface area (Å²) in [4.78, 5) is 27.2. The molecule has 0 spiro atoms. The molecular formula is C22H28N2O2. The second-order valence-corrected chi connectivity index (χ2v) is 6.95. The summed E-state index contributed by atoms with van der Waals surface area (Å²) >= 11 is 0. The van der Waals surface area contributed by atoms with Crippen molar-refractivity contribution in [3.8, 4) is 0 Å². The van der Waals surface area contributed by atoms with Crippen molar-refractivity contribution in [2.24, 2.45) is 0 Å². The van der Waals surface area contributed by atoms with Gasteiger partial charge in [-0.25, -0.2) is 0 Å². The Morgan fingerprint density at radius 3 is 2.19 bits per heavy atom. The molecule has 1 atom stereocenters. The van der Waals surface area contributed by atoms with Crippen molar-refractivity contribution in [3.05, 3.63) is 71.3 Å². The molecule has 4 nitrogen and oxygen atoms in total. The summed E-state index contributed by atoms with van der Waals surface area (Å²) in [6.07, 6.45) is 0.284. The molecule has 2 aromatic carbocycles. The smallest absolute Gasteiger partial charge is 0.242 e. The molecule has 2 rings (SSSR count). The lowest BCUT2D eigenvalue weighted by atomic mass is 10.1. The van der Waals surface area contributed by atoms with E-state index in [1.165, 1.54) is 0 Å². The van der Waals surface area contributed by atoms with Gasteiger partial charge in [-0.2, -0.15) is 0 Å². The number of hydrogen-bond acceptors (Lipinski definition) is 2. The molecule has 0 radical (unpaired) electrons. The Kier molecular flexibility index (Phi) is 6.96. The highest BCUT2D eigenvalue weighted by Crippen LogP contribution is 2.15. The molecule has 0 aromatic heterocycles. The lowest BCUT2D eigenvalue weighted by Gasteiger charge is -2.30. The van der Waals surface area contributed by atoms with Gasteiger partial charge < -0.3 is 10.2 Å². The van der Waals surface area contributed by atoms with Crippen molar-refractivity contribution < 1.29 is 9.59 Å². The summed E-state index contributed by atoms with van der Waals surface area (Å²) in [5.41, 5.74) is 3.11. The van der Waals surface area contributed by atoms with Crippen LogP contribution in [0.15, 0.2) is 54.6 Å². The minimum Gasteiger partial charge on any atom is -0.352 e. The maximum atomic E-state index is 13.0. The van der Waals surface area contributed by atoms with E-state index in [0.717, 1.165) is 16.7 Å². The van der Waals surface area contributed by atoms with Gasteiger partial charge in [0.25, 0.3) is 0 Å². The van der Waals surface area contributed by atoms with E-state index in [9.17, 15) is 9.59 Å².